The SMILES string of the molecule is COc1cccc(C2(CN)CCCCC2)c1OCC1CC1. The Balaban J connectivity index is 1.94. The highest BCUT2D eigenvalue weighted by Crippen LogP contribution is 2.46. The highest BCUT2D eigenvalue weighted by molar-refractivity contribution is 5.50. The van der Waals surface area contributed by atoms with Crippen LogP contribution in [0, 0.1) is 5.92 Å². The molecule has 2 aliphatic rings. The number of methoxy groups -OCH3 is 1. The summed E-state index contributed by atoms with van der Waals surface area (Å²) in [5.41, 5.74) is 7.55. The zero-order chi connectivity index (χ0) is 14.7. The lowest BCUT2D eigenvalue weighted by Gasteiger charge is -2.38. The summed E-state index contributed by atoms with van der Waals surface area (Å²) < 4.78 is 11.7. The monoisotopic (exact) mass is 289 g/mol. The van der Waals surface area contributed by atoms with Gasteiger partial charge in [-0.1, -0.05) is 31.4 Å². The molecule has 0 unspecified atom stereocenters. The number of para-hydroxylation sites is 1. The van der Waals surface area contributed by atoms with Crippen LogP contribution >= 0.6 is 0 Å². The Hall–Kier alpha value is -1.22. The van der Waals surface area contributed by atoms with Crippen LogP contribution in [0.3, 0.4) is 0 Å². The summed E-state index contributed by atoms with van der Waals surface area (Å²) in [6.07, 6.45) is 8.77. The first-order valence-electron chi connectivity index (χ1n) is 8.29. The van der Waals surface area contributed by atoms with Gasteiger partial charge in [-0.2, -0.15) is 0 Å². The molecule has 2 saturated carbocycles. The third-order valence-electron chi connectivity index (χ3n) is 5.13. The highest BCUT2D eigenvalue weighted by Gasteiger charge is 2.36. The molecule has 0 aromatic heterocycles. The molecule has 0 spiro atoms. The van der Waals surface area contributed by atoms with Gasteiger partial charge in [0.05, 0.1) is 13.7 Å². The topological polar surface area (TPSA) is 44.5 Å². The van der Waals surface area contributed by atoms with Gasteiger partial charge in [-0.15, -0.1) is 0 Å². The van der Waals surface area contributed by atoms with Crippen LogP contribution in [0.4, 0.5) is 0 Å². The van der Waals surface area contributed by atoms with E-state index in [0.29, 0.717) is 6.54 Å². The molecule has 3 nitrogen and oxygen atoms in total. The summed E-state index contributed by atoms with van der Waals surface area (Å²) >= 11 is 0. The van der Waals surface area contributed by atoms with Gasteiger partial charge in [0.2, 0.25) is 0 Å². The average Bonchev–Trinajstić information content (AvgIpc) is 3.37. The van der Waals surface area contributed by atoms with Crippen LogP contribution in [0.15, 0.2) is 18.2 Å². The Labute approximate surface area is 127 Å². The lowest BCUT2D eigenvalue weighted by molar-refractivity contribution is 0.251. The maximum atomic E-state index is 6.20. The molecule has 116 valence electrons. The van der Waals surface area contributed by atoms with Crippen molar-refractivity contribution in [2.75, 3.05) is 20.3 Å². The van der Waals surface area contributed by atoms with Gasteiger partial charge in [0, 0.05) is 17.5 Å². The molecule has 0 amide bonds. The van der Waals surface area contributed by atoms with Crippen LogP contribution in [-0.2, 0) is 5.41 Å². The van der Waals surface area contributed by atoms with Crippen molar-refractivity contribution in [1.29, 1.82) is 0 Å². The Morgan fingerprint density at radius 2 is 1.95 bits per heavy atom. The van der Waals surface area contributed by atoms with E-state index in [4.69, 9.17) is 15.2 Å². The number of hydrogen-bond donors (Lipinski definition) is 1. The minimum absolute atomic E-state index is 0.0751. The van der Waals surface area contributed by atoms with Gasteiger partial charge in [0.15, 0.2) is 11.5 Å². The molecule has 0 heterocycles. The third kappa shape index (κ3) is 3.03. The van der Waals surface area contributed by atoms with Crippen LogP contribution in [-0.4, -0.2) is 20.3 Å². The van der Waals surface area contributed by atoms with Crippen LogP contribution in [0.25, 0.3) is 0 Å². The maximum absolute atomic E-state index is 6.20. The Bertz CT molecular complexity index is 476. The summed E-state index contributed by atoms with van der Waals surface area (Å²) in [5, 5.41) is 0. The first-order chi connectivity index (χ1) is 10.3. The molecule has 21 heavy (non-hydrogen) atoms. The van der Waals surface area contributed by atoms with E-state index < -0.39 is 0 Å². The standard InChI is InChI=1S/C18H27NO2/c1-20-16-7-5-6-15(17(16)21-12-14-8-9-14)18(13-19)10-3-2-4-11-18/h5-7,14H,2-4,8-13,19H2,1H3. The molecular weight excluding hydrogens is 262 g/mol. The zero-order valence-corrected chi connectivity index (χ0v) is 13.1. The Kier molecular flexibility index (Phi) is 4.39. The van der Waals surface area contributed by atoms with E-state index in [1.54, 1.807) is 7.11 Å². The lowest BCUT2D eigenvalue weighted by atomic mass is 9.69. The first-order valence-corrected chi connectivity index (χ1v) is 8.29. The van der Waals surface area contributed by atoms with E-state index >= 15 is 0 Å². The molecule has 0 atom stereocenters. The molecular formula is C18H27NO2. The smallest absolute Gasteiger partial charge is 0.164 e. The normalized spacial score (nSPS) is 21.0. The van der Waals surface area contributed by atoms with Crippen molar-refractivity contribution in [1.82, 2.24) is 0 Å². The van der Waals surface area contributed by atoms with E-state index in [2.05, 4.69) is 12.1 Å². The van der Waals surface area contributed by atoms with E-state index in [1.807, 2.05) is 6.07 Å². The van der Waals surface area contributed by atoms with Crippen molar-refractivity contribution in [3.05, 3.63) is 23.8 Å². The number of hydrogen-bond acceptors (Lipinski definition) is 3. The molecule has 1 aromatic carbocycles. The van der Waals surface area contributed by atoms with Crippen LogP contribution in [0.5, 0.6) is 11.5 Å². The maximum Gasteiger partial charge on any atom is 0.164 e. The van der Waals surface area contributed by atoms with Gasteiger partial charge in [-0.25, -0.2) is 0 Å². The van der Waals surface area contributed by atoms with Crippen LogP contribution < -0.4 is 15.2 Å². The number of rotatable bonds is 6. The zero-order valence-electron chi connectivity index (χ0n) is 13.1. The van der Waals surface area contributed by atoms with Gasteiger partial charge < -0.3 is 15.2 Å². The van der Waals surface area contributed by atoms with Crippen molar-refractivity contribution in [2.24, 2.45) is 11.7 Å². The molecule has 2 fully saturated rings. The summed E-state index contributed by atoms with van der Waals surface area (Å²) in [5.74, 6) is 2.54. The third-order valence-corrected chi connectivity index (χ3v) is 5.13. The van der Waals surface area contributed by atoms with E-state index in [1.165, 1.54) is 37.7 Å². The Morgan fingerprint density at radius 1 is 1.19 bits per heavy atom. The molecule has 3 rings (SSSR count). The molecule has 2 aliphatic carbocycles. The van der Waals surface area contributed by atoms with E-state index in [0.717, 1.165) is 36.9 Å². The van der Waals surface area contributed by atoms with Crippen molar-refractivity contribution in [3.8, 4) is 11.5 Å². The van der Waals surface area contributed by atoms with Crippen molar-refractivity contribution in [2.45, 2.75) is 50.4 Å². The highest BCUT2D eigenvalue weighted by atomic mass is 16.5. The van der Waals surface area contributed by atoms with Crippen molar-refractivity contribution in [3.63, 3.8) is 0 Å². The minimum atomic E-state index is 0.0751. The molecule has 2 N–H and O–H groups in total. The second-order valence-electron chi connectivity index (χ2n) is 6.64. The van der Waals surface area contributed by atoms with Crippen molar-refractivity contribution < 1.29 is 9.47 Å². The van der Waals surface area contributed by atoms with Crippen LogP contribution in [0.1, 0.15) is 50.5 Å². The molecule has 1 aromatic rings. The largest absolute Gasteiger partial charge is 0.493 e. The molecule has 0 bridgehead atoms. The lowest BCUT2D eigenvalue weighted by Crippen LogP contribution is -2.37. The summed E-state index contributed by atoms with van der Waals surface area (Å²) in [6.45, 7) is 1.51. The quantitative estimate of drug-likeness (QED) is 0.869. The molecule has 0 radical (unpaired) electrons. The van der Waals surface area contributed by atoms with Gasteiger partial charge in [-0.05, 0) is 37.7 Å². The fraction of sp³-hybridized carbons (Fsp3) is 0.667. The van der Waals surface area contributed by atoms with Gasteiger partial charge in [0.1, 0.15) is 0 Å². The number of ether oxygens (including phenoxy) is 2. The molecule has 0 saturated heterocycles. The second kappa shape index (κ2) is 6.27. The summed E-state index contributed by atoms with van der Waals surface area (Å²) in [4.78, 5) is 0. The van der Waals surface area contributed by atoms with E-state index in [-0.39, 0.29) is 5.41 Å². The van der Waals surface area contributed by atoms with Gasteiger partial charge in [-0.3, -0.25) is 0 Å². The molecule has 3 heteroatoms. The number of nitrogens with two attached hydrogens (primary N) is 1. The van der Waals surface area contributed by atoms with Gasteiger partial charge in [0.25, 0.3) is 0 Å². The summed E-state index contributed by atoms with van der Waals surface area (Å²) in [6, 6.07) is 6.27. The van der Waals surface area contributed by atoms with Gasteiger partial charge >= 0.3 is 0 Å². The minimum Gasteiger partial charge on any atom is -0.493 e. The van der Waals surface area contributed by atoms with Crippen molar-refractivity contribution >= 4 is 0 Å². The van der Waals surface area contributed by atoms with Crippen LogP contribution in [0.2, 0.25) is 0 Å². The predicted molar refractivity (Wildman–Crippen MR) is 85.0 cm³/mol. The number of benzene rings is 1. The molecule has 0 aliphatic heterocycles. The average molecular weight is 289 g/mol. The van der Waals surface area contributed by atoms with E-state index in [9.17, 15) is 0 Å². The second-order valence-corrected chi connectivity index (χ2v) is 6.64. The Morgan fingerprint density at radius 3 is 2.57 bits per heavy atom. The predicted octanol–water partition coefficient (Wildman–Crippen LogP) is 3.64. The summed E-state index contributed by atoms with van der Waals surface area (Å²) in [7, 11) is 1.72. The fourth-order valence-electron chi connectivity index (χ4n) is 3.54. The fourth-order valence-corrected chi connectivity index (χ4v) is 3.54. The first kappa shape index (κ1) is 14.7.